The number of thioether (sulfide) groups is 1. The number of benzene rings is 2. The molecule has 0 saturated carbocycles. The number of hydrogen-bond acceptors (Lipinski definition) is 6. The number of carbonyl (C=O) groups is 3. The van der Waals surface area contributed by atoms with Gasteiger partial charge in [0.1, 0.15) is 11.8 Å². The second-order valence-electron chi connectivity index (χ2n) is 11.5. The molecule has 220 valence electrons. The standard InChI is InChI=1S/C31H38ClN3O5S/c1-5-18(3)23(17-36)35-26(28(38)34-22-10-8-7-9-21(22)32)31-16-15-30(4,41-31)24(25(31)29(35)39)27(37)33-19-11-13-20(14-12-19)40-6-2/h7-14,18,23-26,36H,5-6,15-17H2,1-4H3,(H,33,37)(H,34,38)/t18-,23-,24-,25-,26?,30+,31?/m0/s1. The molecule has 8 nitrogen and oxygen atoms in total. The van der Waals surface area contributed by atoms with Crippen molar-refractivity contribution in [3.8, 4) is 5.75 Å². The van der Waals surface area contributed by atoms with E-state index < -0.39 is 33.4 Å². The van der Waals surface area contributed by atoms with Crippen LogP contribution in [0.2, 0.25) is 5.02 Å². The van der Waals surface area contributed by atoms with Gasteiger partial charge in [-0.15, -0.1) is 11.8 Å². The Morgan fingerprint density at radius 3 is 2.46 bits per heavy atom. The van der Waals surface area contributed by atoms with E-state index in [1.54, 1.807) is 65.2 Å². The molecule has 0 radical (unpaired) electrons. The molecule has 2 bridgehead atoms. The van der Waals surface area contributed by atoms with Crippen LogP contribution in [0.15, 0.2) is 48.5 Å². The summed E-state index contributed by atoms with van der Waals surface area (Å²) in [5.74, 6) is -1.51. The second kappa shape index (κ2) is 11.5. The summed E-state index contributed by atoms with van der Waals surface area (Å²) in [5, 5.41) is 16.9. The van der Waals surface area contributed by atoms with Crippen molar-refractivity contribution in [1.82, 2.24) is 4.90 Å². The van der Waals surface area contributed by atoms with Crippen LogP contribution in [0.4, 0.5) is 11.4 Å². The SMILES string of the molecule is CCOc1ccc(NC(=O)[C@@H]2[C@H]3C(=O)N([C@@H](CO)[C@@H](C)CC)C(C(=O)Nc4ccccc4Cl)C34CC[C@@]2(C)S4)cc1. The molecule has 3 N–H and O–H groups in total. The van der Waals surface area contributed by atoms with E-state index in [4.69, 9.17) is 16.3 Å². The first-order chi connectivity index (χ1) is 19.6. The van der Waals surface area contributed by atoms with Gasteiger partial charge >= 0.3 is 0 Å². The smallest absolute Gasteiger partial charge is 0.248 e. The van der Waals surface area contributed by atoms with E-state index >= 15 is 0 Å². The lowest BCUT2D eigenvalue weighted by Gasteiger charge is -2.39. The summed E-state index contributed by atoms with van der Waals surface area (Å²) in [6, 6.07) is 12.7. The molecular formula is C31H38ClN3O5S. The zero-order valence-electron chi connectivity index (χ0n) is 23.9. The highest BCUT2D eigenvalue weighted by Gasteiger charge is 2.77. The predicted octanol–water partition coefficient (Wildman–Crippen LogP) is 5.20. The van der Waals surface area contributed by atoms with Crippen LogP contribution in [0.3, 0.4) is 0 Å². The first kappa shape index (κ1) is 29.7. The van der Waals surface area contributed by atoms with Gasteiger partial charge in [0.15, 0.2) is 0 Å². The molecule has 3 aliphatic heterocycles. The molecule has 2 aromatic carbocycles. The first-order valence-corrected chi connectivity index (χ1v) is 15.5. The van der Waals surface area contributed by atoms with Crippen molar-refractivity contribution in [3.05, 3.63) is 53.6 Å². The molecule has 1 spiro atoms. The summed E-state index contributed by atoms with van der Waals surface area (Å²) in [6.07, 6.45) is 2.03. The Morgan fingerprint density at radius 2 is 1.83 bits per heavy atom. The fourth-order valence-corrected chi connectivity index (χ4v) is 9.55. The highest BCUT2D eigenvalue weighted by Crippen LogP contribution is 2.71. The van der Waals surface area contributed by atoms with Crippen LogP contribution in [0.5, 0.6) is 5.75 Å². The first-order valence-electron chi connectivity index (χ1n) is 14.3. The highest BCUT2D eigenvalue weighted by atomic mass is 35.5. The van der Waals surface area contributed by atoms with Gasteiger partial charge in [0.05, 0.1) is 46.5 Å². The molecule has 0 aliphatic carbocycles. The van der Waals surface area contributed by atoms with E-state index in [0.29, 0.717) is 41.6 Å². The molecule has 2 unspecified atom stereocenters. The Labute approximate surface area is 250 Å². The van der Waals surface area contributed by atoms with Gasteiger partial charge in [0.25, 0.3) is 0 Å². The zero-order chi connectivity index (χ0) is 29.5. The van der Waals surface area contributed by atoms with Crippen LogP contribution in [0.1, 0.15) is 47.0 Å². The number of hydrogen-bond donors (Lipinski definition) is 3. The predicted molar refractivity (Wildman–Crippen MR) is 162 cm³/mol. The molecule has 7 atom stereocenters. The number of aliphatic hydroxyl groups is 1. The van der Waals surface area contributed by atoms with Crippen LogP contribution < -0.4 is 15.4 Å². The number of carbonyl (C=O) groups excluding carboxylic acids is 3. The molecule has 10 heteroatoms. The summed E-state index contributed by atoms with van der Waals surface area (Å²) in [5.41, 5.74) is 1.08. The number of rotatable bonds is 10. The Kier molecular flexibility index (Phi) is 8.34. The largest absolute Gasteiger partial charge is 0.494 e. The number of halogens is 1. The maximum Gasteiger partial charge on any atom is 0.248 e. The normalized spacial score (nSPS) is 29.7. The summed E-state index contributed by atoms with van der Waals surface area (Å²) >= 11 is 7.98. The van der Waals surface area contributed by atoms with Crippen molar-refractivity contribution < 1.29 is 24.2 Å². The number of ether oxygens (including phenoxy) is 1. The highest BCUT2D eigenvalue weighted by molar-refractivity contribution is 8.02. The summed E-state index contributed by atoms with van der Waals surface area (Å²) in [7, 11) is 0. The van der Waals surface area contributed by atoms with Gasteiger partial charge in [-0.25, -0.2) is 0 Å². The molecule has 41 heavy (non-hydrogen) atoms. The zero-order valence-corrected chi connectivity index (χ0v) is 25.4. The Morgan fingerprint density at radius 1 is 1.12 bits per heavy atom. The van der Waals surface area contributed by atoms with E-state index in [1.807, 2.05) is 27.7 Å². The molecule has 3 amide bonds. The average Bonchev–Trinajstić information content (AvgIpc) is 3.52. The van der Waals surface area contributed by atoms with Crippen molar-refractivity contribution >= 4 is 52.5 Å². The van der Waals surface area contributed by atoms with Crippen molar-refractivity contribution in [2.24, 2.45) is 17.8 Å². The molecule has 3 saturated heterocycles. The maximum absolute atomic E-state index is 14.5. The van der Waals surface area contributed by atoms with E-state index in [0.717, 1.165) is 6.42 Å². The topological polar surface area (TPSA) is 108 Å². The van der Waals surface area contributed by atoms with Crippen LogP contribution in [-0.4, -0.2) is 62.5 Å². The lowest BCUT2D eigenvalue weighted by molar-refractivity contribution is -0.142. The average molecular weight is 600 g/mol. The van der Waals surface area contributed by atoms with E-state index in [1.165, 1.54) is 0 Å². The number of fused-ring (bicyclic) bond motifs is 1. The van der Waals surface area contributed by atoms with Crippen molar-refractivity contribution in [3.63, 3.8) is 0 Å². The summed E-state index contributed by atoms with van der Waals surface area (Å²) in [4.78, 5) is 44.2. The number of nitrogens with zero attached hydrogens (tertiary/aromatic N) is 1. The number of nitrogens with one attached hydrogen (secondary N) is 2. The Balaban J connectivity index is 1.52. The number of para-hydroxylation sites is 1. The third kappa shape index (κ3) is 5.00. The van der Waals surface area contributed by atoms with Crippen LogP contribution in [0, 0.1) is 17.8 Å². The third-order valence-corrected chi connectivity index (χ3v) is 11.5. The fourth-order valence-electron chi connectivity index (χ4n) is 7.02. The van der Waals surface area contributed by atoms with Crippen molar-refractivity contribution in [2.45, 2.75) is 68.5 Å². The third-order valence-electron chi connectivity index (χ3n) is 9.16. The van der Waals surface area contributed by atoms with Crippen molar-refractivity contribution in [1.29, 1.82) is 0 Å². The van der Waals surface area contributed by atoms with Crippen LogP contribution >= 0.6 is 23.4 Å². The number of likely N-dealkylation sites (tertiary alicyclic amines) is 1. The number of anilines is 2. The molecule has 2 aromatic rings. The minimum atomic E-state index is -0.863. The van der Waals surface area contributed by atoms with Crippen molar-refractivity contribution in [2.75, 3.05) is 23.8 Å². The molecule has 3 fully saturated rings. The minimum absolute atomic E-state index is 0.0521. The maximum atomic E-state index is 14.5. The van der Waals surface area contributed by atoms with E-state index in [2.05, 4.69) is 10.6 Å². The summed E-state index contributed by atoms with van der Waals surface area (Å²) < 4.78 is 4.19. The van der Waals surface area contributed by atoms with Gasteiger partial charge in [0.2, 0.25) is 17.7 Å². The second-order valence-corrected chi connectivity index (χ2v) is 13.8. The molecule has 3 heterocycles. The van der Waals surface area contributed by atoms with Gasteiger partial charge in [-0.05, 0) is 69.0 Å². The monoisotopic (exact) mass is 599 g/mol. The van der Waals surface area contributed by atoms with Gasteiger partial charge in [-0.2, -0.15) is 0 Å². The van der Waals surface area contributed by atoms with Gasteiger partial charge in [-0.3, -0.25) is 14.4 Å². The summed E-state index contributed by atoms with van der Waals surface area (Å²) in [6.45, 7) is 8.19. The Bertz CT molecular complexity index is 1330. The number of aliphatic hydroxyl groups excluding tert-OH is 1. The van der Waals surface area contributed by atoms with Gasteiger partial charge < -0.3 is 25.4 Å². The molecule has 5 rings (SSSR count). The minimum Gasteiger partial charge on any atom is -0.494 e. The molecule has 0 aromatic heterocycles. The van der Waals surface area contributed by atoms with E-state index in [9.17, 15) is 19.5 Å². The van der Waals surface area contributed by atoms with Gasteiger partial charge in [0, 0.05) is 10.4 Å². The Hall–Kier alpha value is -2.75. The van der Waals surface area contributed by atoms with Gasteiger partial charge in [-0.1, -0.05) is 44.0 Å². The quantitative estimate of drug-likeness (QED) is 0.346. The van der Waals surface area contributed by atoms with Crippen LogP contribution in [-0.2, 0) is 14.4 Å². The number of amides is 3. The lowest BCUT2D eigenvalue weighted by atomic mass is 9.66. The molecule has 3 aliphatic rings. The fraction of sp³-hybridized carbons (Fsp3) is 0.516. The lowest BCUT2D eigenvalue weighted by Crippen LogP contribution is -2.56. The van der Waals surface area contributed by atoms with Crippen LogP contribution in [0.25, 0.3) is 0 Å². The van der Waals surface area contributed by atoms with E-state index in [-0.39, 0.29) is 30.2 Å². The molecular weight excluding hydrogens is 562 g/mol.